The molecule has 0 aliphatic heterocycles. The summed E-state index contributed by atoms with van der Waals surface area (Å²) in [5, 5.41) is 0. The van der Waals surface area contributed by atoms with E-state index in [0.717, 1.165) is 6.42 Å². The van der Waals surface area contributed by atoms with Gasteiger partial charge in [0.25, 0.3) is 0 Å². The minimum Gasteiger partial charge on any atom is -0.0801 e. The quantitative estimate of drug-likeness (QED) is 0.633. The largest absolute Gasteiger partial charge is 0.0801 e. The molecule has 1 aromatic carbocycles. The van der Waals surface area contributed by atoms with Gasteiger partial charge in [0.2, 0.25) is 0 Å². The predicted molar refractivity (Wildman–Crippen MR) is 57.3 cm³/mol. The number of rotatable bonds is 2. The number of allylic oxidation sites excluding steroid dienone is 5. The minimum atomic E-state index is 1.07. The van der Waals surface area contributed by atoms with Crippen molar-refractivity contribution in [2.24, 2.45) is 0 Å². The molecule has 0 heterocycles. The highest BCUT2D eigenvalue weighted by Gasteiger charge is 1.92. The lowest BCUT2D eigenvalue weighted by atomic mass is 10.1. The second kappa shape index (κ2) is 3.90. The first-order valence-corrected chi connectivity index (χ1v) is 4.54. The van der Waals surface area contributed by atoms with Crippen molar-refractivity contribution in [3.63, 3.8) is 0 Å². The van der Waals surface area contributed by atoms with Gasteiger partial charge in [0.15, 0.2) is 0 Å². The summed E-state index contributed by atoms with van der Waals surface area (Å²) < 4.78 is 0. The lowest BCUT2D eigenvalue weighted by Crippen LogP contribution is -1.71. The fraction of sp³-hybridized carbons (Fsp3) is 0.0769. The molecule has 64 valence electrons. The molecule has 0 aromatic heterocycles. The molecular formula is C13H12. The molecule has 0 nitrogen and oxygen atoms in total. The van der Waals surface area contributed by atoms with Gasteiger partial charge in [-0.3, -0.25) is 0 Å². The summed E-state index contributed by atoms with van der Waals surface area (Å²) >= 11 is 0. The van der Waals surface area contributed by atoms with Crippen LogP contribution in [0.3, 0.4) is 0 Å². The van der Waals surface area contributed by atoms with E-state index >= 15 is 0 Å². The SMILES string of the molecule is C1=CCC(C=Cc2ccccc2)=C1. The molecule has 0 amide bonds. The van der Waals surface area contributed by atoms with Gasteiger partial charge >= 0.3 is 0 Å². The molecule has 0 saturated carbocycles. The molecular weight excluding hydrogens is 156 g/mol. The molecule has 0 fully saturated rings. The third kappa shape index (κ3) is 2.19. The van der Waals surface area contributed by atoms with Crippen LogP contribution in [0.1, 0.15) is 12.0 Å². The first-order chi connectivity index (χ1) is 6.45. The summed E-state index contributed by atoms with van der Waals surface area (Å²) in [6.07, 6.45) is 11.8. The Balaban J connectivity index is 2.06. The molecule has 0 bridgehead atoms. The van der Waals surface area contributed by atoms with Crippen LogP contribution in [0, 0.1) is 0 Å². The Hall–Kier alpha value is -1.56. The highest BCUT2D eigenvalue weighted by molar-refractivity contribution is 5.53. The van der Waals surface area contributed by atoms with E-state index in [0.29, 0.717) is 0 Å². The molecule has 0 atom stereocenters. The van der Waals surface area contributed by atoms with Crippen molar-refractivity contribution in [2.45, 2.75) is 6.42 Å². The lowest BCUT2D eigenvalue weighted by molar-refractivity contribution is 1.34. The van der Waals surface area contributed by atoms with Crippen LogP contribution in [0.25, 0.3) is 6.08 Å². The maximum Gasteiger partial charge on any atom is -0.00943 e. The normalized spacial score (nSPS) is 15.2. The van der Waals surface area contributed by atoms with E-state index in [2.05, 4.69) is 54.6 Å². The van der Waals surface area contributed by atoms with Gasteiger partial charge < -0.3 is 0 Å². The van der Waals surface area contributed by atoms with Crippen molar-refractivity contribution in [3.8, 4) is 0 Å². The van der Waals surface area contributed by atoms with Gasteiger partial charge in [0.05, 0.1) is 0 Å². The Kier molecular flexibility index (Phi) is 2.42. The summed E-state index contributed by atoms with van der Waals surface area (Å²) in [7, 11) is 0. The first-order valence-electron chi connectivity index (χ1n) is 4.54. The predicted octanol–water partition coefficient (Wildman–Crippen LogP) is 3.59. The van der Waals surface area contributed by atoms with E-state index in [1.54, 1.807) is 0 Å². The van der Waals surface area contributed by atoms with E-state index in [1.165, 1.54) is 11.1 Å². The van der Waals surface area contributed by atoms with Gasteiger partial charge in [0, 0.05) is 0 Å². The first kappa shape index (κ1) is 8.06. The van der Waals surface area contributed by atoms with Crippen LogP contribution in [0.15, 0.2) is 60.2 Å². The van der Waals surface area contributed by atoms with Crippen LogP contribution < -0.4 is 0 Å². The average Bonchev–Trinajstić information content (AvgIpc) is 2.69. The molecule has 13 heavy (non-hydrogen) atoms. The summed E-state index contributed by atoms with van der Waals surface area (Å²) in [6, 6.07) is 10.4. The van der Waals surface area contributed by atoms with Crippen molar-refractivity contribution in [3.05, 3.63) is 65.8 Å². The molecule has 0 unspecified atom stereocenters. The van der Waals surface area contributed by atoms with Crippen molar-refractivity contribution in [2.75, 3.05) is 0 Å². The van der Waals surface area contributed by atoms with Crippen molar-refractivity contribution >= 4 is 6.08 Å². The third-order valence-corrected chi connectivity index (χ3v) is 2.09. The summed E-state index contributed by atoms with van der Waals surface area (Å²) in [5.74, 6) is 0. The number of hydrogen-bond donors (Lipinski definition) is 0. The fourth-order valence-electron chi connectivity index (χ4n) is 1.35. The zero-order valence-corrected chi connectivity index (χ0v) is 7.48. The molecule has 2 rings (SSSR count). The molecule has 0 saturated heterocycles. The van der Waals surface area contributed by atoms with Gasteiger partial charge in [-0.05, 0) is 17.6 Å². The Bertz CT molecular complexity index is 353. The Morgan fingerprint density at radius 2 is 1.85 bits per heavy atom. The summed E-state index contributed by atoms with van der Waals surface area (Å²) in [4.78, 5) is 0. The van der Waals surface area contributed by atoms with E-state index in [9.17, 15) is 0 Å². The maximum atomic E-state index is 2.18. The Labute approximate surface area is 78.9 Å². The van der Waals surface area contributed by atoms with Crippen molar-refractivity contribution in [1.82, 2.24) is 0 Å². The summed E-state index contributed by atoms with van der Waals surface area (Å²) in [6.45, 7) is 0. The fourth-order valence-corrected chi connectivity index (χ4v) is 1.35. The minimum absolute atomic E-state index is 1.07. The van der Waals surface area contributed by atoms with Crippen molar-refractivity contribution in [1.29, 1.82) is 0 Å². The van der Waals surface area contributed by atoms with E-state index in [1.807, 2.05) is 6.07 Å². The maximum absolute atomic E-state index is 2.18. The summed E-state index contributed by atoms with van der Waals surface area (Å²) in [5.41, 5.74) is 2.64. The van der Waals surface area contributed by atoms with Crippen LogP contribution in [0.4, 0.5) is 0 Å². The molecule has 0 radical (unpaired) electrons. The van der Waals surface area contributed by atoms with Crippen LogP contribution in [0.2, 0.25) is 0 Å². The van der Waals surface area contributed by atoms with Gasteiger partial charge in [-0.2, -0.15) is 0 Å². The van der Waals surface area contributed by atoms with Gasteiger partial charge in [-0.1, -0.05) is 60.7 Å². The van der Waals surface area contributed by atoms with Crippen LogP contribution in [-0.4, -0.2) is 0 Å². The second-order valence-corrected chi connectivity index (χ2v) is 3.12. The van der Waals surface area contributed by atoms with E-state index in [-0.39, 0.29) is 0 Å². The van der Waals surface area contributed by atoms with Crippen LogP contribution in [-0.2, 0) is 0 Å². The zero-order chi connectivity index (χ0) is 8.93. The molecule has 0 N–H and O–H groups in total. The molecule has 1 aliphatic carbocycles. The molecule has 0 spiro atoms. The van der Waals surface area contributed by atoms with E-state index in [4.69, 9.17) is 0 Å². The zero-order valence-electron chi connectivity index (χ0n) is 7.48. The van der Waals surface area contributed by atoms with Gasteiger partial charge in [-0.15, -0.1) is 0 Å². The number of benzene rings is 1. The lowest BCUT2D eigenvalue weighted by Gasteiger charge is -1.92. The molecule has 1 aromatic rings. The Morgan fingerprint density at radius 1 is 1.00 bits per heavy atom. The topological polar surface area (TPSA) is 0 Å². The highest BCUT2D eigenvalue weighted by Crippen LogP contribution is 2.13. The van der Waals surface area contributed by atoms with Crippen LogP contribution in [0.5, 0.6) is 0 Å². The monoisotopic (exact) mass is 168 g/mol. The molecule has 1 aliphatic rings. The smallest absolute Gasteiger partial charge is 0.00943 e. The standard InChI is InChI=1S/C13H12/c1-2-6-12(7-3-1)10-11-13-8-4-5-9-13/h1-8,10-11H,9H2. The Morgan fingerprint density at radius 3 is 2.54 bits per heavy atom. The average molecular weight is 168 g/mol. The second-order valence-electron chi connectivity index (χ2n) is 3.12. The highest BCUT2D eigenvalue weighted by atomic mass is 14.0. The molecule has 0 heteroatoms. The van der Waals surface area contributed by atoms with Crippen LogP contribution >= 0.6 is 0 Å². The van der Waals surface area contributed by atoms with Gasteiger partial charge in [-0.25, -0.2) is 0 Å². The number of hydrogen-bond acceptors (Lipinski definition) is 0. The van der Waals surface area contributed by atoms with E-state index < -0.39 is 0 Å². The van der Waals surface area contributed by atoms with Crippen molar-refractivity contribution < 1.29 is 0 Å². The third-order valence-electron chi connectivity index (χ3n) is 2.09. The van der Waals surface area contributed by atoms with Gasteiger partial charge in [0.1, 0.15) is 0 Å².